The van der Waals surface area contributed by atoms with Gasteiger partial charge in [-0.25, -0.2) is 23.9 Å². The molecule has 0 atom stereocenters. The van der Waals surface area contributed by atoms with Crippen molar-refractivity contribution in [3.05, 3.63) is 216 Å². The van der Waals surface area contributed by atoms with E-state index < -0.39 is 90.3 Å². The Morgan fingerprint density at radius 3 is 1.72 bits per heavy atom. The minimum atomic E-state index is -5.63. The van der Waals surface area contributed by atoms with Crippen molar-refractivity contribution < 1.29 is 69.3 Å². The van der Waals surface area contributed by atoms with Gasteiger partial charge >= 0.3 is 337 Å². The number of halogens is 13. The number of alkyl halides is 13. The van der Waals surface area contributed by atoms with E-state index in [-0.39, 0.29) is 52.4 Å². The Balaban J connectivity index is 0.000000182. The van der Waals surface area contributed by atoms with Crippen molar-refractivity contribution in [3.63, 3.8) is 0 Å². The first-order chi connectivity index (χ1) is 44.8. The van der Waals surface area contributed by atoms with E-state index in [2.05, 4.69) is 121 Å². The molecule has 0 aliphatic rings. The Kier molecular flexibility index (Phi) is 25.9. The van der Waals surface area contributed by atoms with Crippen molar-refractivity contribution in [2.24, 2.45) is 0 Å². The van der Waals surface area contributed by atoms with Crippen molar-refractivity contribution in [2.75, 3.05) is 32.7 Å². The first kappa shape index (κ1) is 75.7. The Labute approximate surface area is 581 Å². The molecule has 34 heteroatoms. The van der Waals surface area contributed by atoms with Crippen molar-refractivity contribution in [1.29, 1.82) is 0 Å². The first-order valence-electron chi connectivity index (χ1n) is 28.4. The van der Waals surface area contributed by atoms with Crippen LogP contribution in [0.1, 0.15) is 59.3 Å². The molecule has 0 fully saturated rings. The number of aryl methyl sites for hydroxylation is 2. The number of sulfonamides is 1. The summed E-state index contributed by atoms with van der Waals surface area (Å²) in [5, 5.41) is 18.5. The van der Waals surface area contributed by atoms with Gasteiger partial charge in [-0.1, -0.05) is 47.7 Å². The molecule has 0 saturated heterocycles. The van der Waals surface area contributed by atoms with Gasteiger partial charge in [0.1, 0.15) is 23.7 Å². The molecule has 4 radical (unpaired) electrons. The quantitative estimate of drug-likeness (QED) is 0.0643. The second-order valence-corrected chi connectivity index (χ2v) is 30.8. The summed E-state index contributed by atoms with van der Waals surface area (Å²) in [4.78, 5) is 3.63. The van der Waals surface area contributed by atoms with Crippen LogP contribution >= 0.6 is 10.1 Å². The molecule has 95 heavy (non-hydrogen) atoms. The predicted molar refractivity (Wildman–Crippen MR) is 351 cm³/mol. The number of aromatic nitrogens is 8. The van der Waals surface area contributed by atoms with E-state index in [9.17, 15) is 65.5 Å². The fraction of sp³-hybridized carbons (Fsp3) is 0.213. The van der Waals surface area contributed by atoms with Crippen LogP contribution in [0.25, 0.3) is 22.7 Å². The van der Waals surface area contributed by atoms with Crippen LogP contribution in [0.3, 0.4) is 0 Å². The van der Waals surface area contributed by atoms with Crippen LogP contribution in [0.5, 0.6) is 5.75 Å². The van der Waals surface area contributed by atoms with Gasteiger partial charge in [0.25, 0.3) is 15.2 Å². The largest absolute Gasteiger partial charge is 0.649 e. The van der Waals surface area contributed by atoms with E-state index in [0.29, 0.717) is 28.7 Å². The maximum absolute atomic E-state index is 13.2. The van der Waals surface area contributed by atoms with E-state index >= 15 is 0 Å². The van der Waals surface area contributed by atoms with Gasteiger partial charge in [-0.15, -0.1) is 0 Å². The maximum Gasteiger partial charge on any atom is 0.494 e. The summed E-state index contributed by atoms with van der Waals surface area (Å²) in [5.74, 6) is -0.800. The number of hydrogen-bond donors (Lipinski definition) is 0. The second kappa shape index (κ2) is 32.6. The van der Waals surface area contributed by atoms with Crippen LogP contribution in [-0.2, 0) is 54.2 Å². The topological polar surface area (TPSA) is 124 Å². The van der Waals surface area contributed by atoms with Crippen molar-refractivity contribution in [2.45, 2.75) is 74.3 Å². The fourth-order valence-electron chi connectivity index (χ4n) is 9.73. The summed E-state index contributed by atoms with van der Waals surface area (Å²) >= 11 is 3.86. The minimum absolute atomic E-state index is 0.102. The monoisotopic (exact) mass is 1520 g/mol. The summed E-state index contributed by atoms with van der Waals surface area (Å²) in [7, 11) is 3.82. The molecular weight excluding hydrogens is 1470 g/mol. The molecule has 10 aromatic rings. The normalized spacial score (nSPS) is 11.9. The summed E-state index contributed by atoms with van der Waals surface area (Å²) < 4.78 is 209. The van der Waals surface area contributed by atoms with Gasteiger partial charge in [0.15, 0.2) is 5.69 Å². The van der Waals surface area contributed by atoms with Crippen molar-refractivity contribution in [3.8, 4) is 28.5 Å². The van der Waals surface area contributed by atoms with E-state index in [4.69, 9.17) is 0 Å². The summed E-state index contributed by atoms with van der Waals surface area (Å²) in [6.45, 7) is 2.59. The number of hydrogen-bond acceptors (Lipinski definition) is 10. The van der Waals surface area contributed by atoms with E-state index in [1.807, 2.05) is 78.5 Å². The Hall–Kier alpha value is -6.70. The standard InChI is InChI=1S/C19H17F3N3O2S.C15H14N2SSi.C14H19N4.C13H6F10N2O.2Al.2Ga.4H/c1-2-7-14-8-6-11-17(25-13-15(12-23-25)19(20,21)22)18(14)24-28(26,27)16-9-4-3-5-10-16;18-15-13(17-11-5-10-16-17)8-4-9-14(15)19-12-6-2-1-3-7-12;1-5-11-9-12(17(3)4)10-13(14(11)15-2)18-8-6-7-16-18;14-3-5-1-6(11(15,16)17)2-8(9(5)26)25-10(13(21,22)23)7(4-24-25)12(18,19)20;;;;;;;;/h3-6,8-13H,2,7H2,1H3;1-11,18H,19H2;6-10H,5H2,1-4H3;1-2,4,26H,3H2;;;;;;;;/q-1;;-1;;4*+1;;;;/p-2. The Bertz CT molecular complexity index is 4260. The average molecular weight is 1530 g/mol. The molecule has 4 heterocycles. The molecule has 494 valence electrons. The van der Waals surface area contributed by atoms with Crippen molar-refractivity contribution in [1.82, 2.24) is 39.1 Å². The average Bonchev–Trinajstić information content (AvgIpc) is 1.69. The van der Waals surface area contributed by atoms with Gasteiger partial charge in [0.05, 0.1) is 27.0 Å². The molecule has 0 bridgehead atoms. The third-order valence-electron chi connectivity index (χ3n) is 14.1. The van der Waals surface area contributed by atoms with Gasteiger partial charge < -0.3 is 3.79 Å². The molecule has 10 rings (SSSR count). The molecular formula is C61H58Al2F13Ga2N11O3S2Si. The predicted octanol–water partition coefficient (Wildman–Crippen LogP) is 11.1. The summed E-state index contributed by atoms with van der Waals surface area (Å²) in [6.07, 6.45) is -9.31. The fourth-order valence-corrected chi connectivity index (χ4v) is 18.0. The SMILES string of the molecule is CCCc1cccc(-n2cc(C(F)(F)F)cn2)c1[N]([GaH])S(=O)(=O)c1ccccc1.CCc1cc(N(C)C)cc(-n2cccn2)c1[N](C)[GaH].FCc1cc(C(F)(F)F)cc(-n2ncc(C(F)(F)F)c2C(F)(F)F)c1[O][AlH].[AlH][S]c1c([SiH2]c2ccccc2)cccc1-n1cccn1. The zero-order valence-corrected chi connectivity index (χ0v) is 63.3. The van der Waals surface area contributed by atoms with Crippen LogP contribution < -0.4 is 25.7 Å². The zero-order chi connectivity index (χ0) is 69.8. The Morgan fingerprint density at radius 2 is 1.21 bits per heavy atom. The van der Waals surface area contributed by atoms with E-state index in [1.54, 1.807) is 36.4 Å². The molecule has 0 aliphatic carbocycles. The van der Waals surface area contributed by atoms with E-state index in [0.717, 1.165) is 60.0 Å². The van der Waals surface area contributed by atoms with Gasteiger partial charge in [-0.2, -0.15) is 49.7 Å². The molecule has 0 spiro atoms. The molecule has 14 nitrogen and oxygen atoms in total. The molecule has 0 amide bonds. The van der Waals surface area contributed by atoms with Crippen LogP contribution in [0.15, 0.2) is 187 Å². The van der Waals surface area contributed by atoms with Gasteiger partial charge in [-0.05, 0) is 29.5 Å². The number of nitrogens with zero attached hydrogens (tertiary/aromatic N) is 11. The Morgan fingerprint density at radius 1 is 0.611 bits per heavy atom. The molecule has 6 aromatic carbocycles. The minimum Gasteiger partial charge on any atom is -0.649 e. The molecule has 0 unspecified atom stereocenters. The number of rotatable bonds is 17. The van der Waals surface area contributed by atoms with Crippen molar-refractivity contribution >= 4 is 127 Å². The third kappa shape index (κ3) is 18.7. The van der Waals surface area contributed by atoms with Crippen LogP contribution in [-0.4, -0.2) is 148 Å². The number of anilines is 3. The van der Waals surface area contributed by atoms with Crippen LogP contribution in [0, 0.1) is 0 Å². The number of benzene rings is 6. The first-order valence-corrected chi connectivity index (χ1v) is 37.2. The van der Waals surface area contributed by atoms with Crippen LogP contribution in [0.2, 0.25) is 0 Å². The molecule has 0 aliphatic heterocycles. The molecule has 4 aromatic heterocycles. The molecule has 0 N–H and O–H groups in total. The van der Waals surface area contributed by atoms with Gasteiger partial charge in [-0.3, -0.25) is 0 Å². The van der Waals surface area contributed by atoms with Gasteiger partial charge in [0, 0.05) is 22.9 Å². The second-order valence-electron chi connectivity index (χ2n) is 20.8. The zero-order valence-electron chi connectivity index (χ0n) is 51.5. The smallest absolute Gasteiger partial charge is 0.494 e. The summed E-state index contributed by atoms with van der Waals surface area (Å²) in [6, 6.07) is 39.2. The van der Waals surface area contributed by atoms with E-state index in [1.165, 1.54) is 53.0 Å². The third-order valence-corrected chi connectivity index (χ3v) is 23.2. The molecule has 0 saturated carbocycles. The maximum atomic E-state index is 13.2. The summed E-state index contributed by atoms with van der Waals surface area (Å²) in [5.41, 5.74) is -1.37. The van der Waals surface area contributed by atoms with Gasteiger partial charge in [0.2, 0.25) is 0 Å². The van der Waals surface area contributed by atoms with Crippen LogP contribution in [0.4, 0.5) is 74.1 Å². The number of para-hydroxylation sites is 1.